The van der Waals surface area contributed by atoms with Gasteiger partial charge >= 0.3 is 0 Å². The third-order valence-electron chi connectivity index (χ3n) is 4.39. The lowest BCUT2D eigenvalue weighted by Gasteiger charge is -2.20. The number of aromatic nitrogens is 3. The number of carbonyl (C=O) groups is 1. The van der Waals surface area contributed by atoms with Crippen molar-refractivity contribution >= 4 is 17.5 Å². The maximum absolute atomic E-state index is 12.9. The average molecular weight is 429 g/mol. The topological polar surface area (TPSA) is 78.3 Å². The number of hydrogen-bond acceptors (Lipinski definition) is 5. The van der Waals surface area contributed by atoms with E-state index in [0.717, 1.165) is 11.1 Å². The lowest BCUT2D eigenvalue weighted by Crippen LogP contribution is -2.32. The Morgan fingerprint density at radius 3 is 2.60 bits per heavy atom. The van der Waals surface area contributed by atoms with Crippen LogP contribution in [0.25, 0.3) is 0 Å². The molecule has 2 aromatic carbocycles. The minimum absolute atomic E-state index is 0.0693. The molecule has 0 aliphatic rings. The molecule has 30 heavy (non-hydrogen) atoms. The molecule has 0 aliphatic heterocycles. The fourth-order valence-corrected chi connectivity index (χ4v) is 3.06. The molecule has 1 aromatic heterocycles. The van der Waals surface area contributed by atoms with Gasteiger partial charge in [-0.05, 0) is 63.9 Å². The van der Waals surface area contributed by atoms with Gasteiger partial charge in [0, 0.05) is 5.02 Å². The highest BCUT2D eigenvalue weighted by Crippen LogP contribution is 2.28. The molecule has 1 heterocycles. The first-order chi connectivity index (χ1) is 14.1. The standard InChI is InChI=1S/C22H25ClN4O3/c1-14-9-10-16(15(2)11-14)13-29-25-20(28)19-21(24-26-27(19)22(3,4)5)30-18-8-6-7-17(23)12-18/h6-12H,13H2,1-5H3,(H,25,28). The van der Waals surface area contributed by atoms with Gasteiger partial charge < -0.3 is 4.74 Å². The maximum atomic E-state index is 12.9. The van der Waals surface area contributed by atoms with E-state index in [-0.39, 0.29) is 18.2 Å². The number of rotatable bonds is 6. The summed E-state index contributed by atoms with van der Waals surface area (Å²) >= 11 is 6.02. The molecule has 0 aliphatic carbocycles. The molecule has 0 atom stereocenters. The van der Waals surface area contributed by atoms with Crippen molar-refractivity contribution in [2.75, 3.05) is 0 Å². The highest BCUT2D eigenvalue weighted by Gasteiger charge is 2.29. The quantitative estimate of drug-likeness (QED) is 0.561. The van der Waals surface area contributed by atoms with E-state index in [1.54, 1.807) is 24.3 Å². The predicted molar refractivity (Wildman–Crippen MR) is 115 cm³/mol. The number of amides is 1. The largest absolute Gasteiger partial charge is 0.436 e. The fraction of sp³-hybridized carbons (Fsp3) is 0.318. The van der Waals surface area contributed by atoms with Gasteiger partial charge in [-0.3, -0.25) is 9.63 Å². The van der Waals surface area contributed by atoms with E-state index in [4.69, 9.17) is 21.2 Å². The molecular weight excluding hydrogens is 404 g/mol. The van der Waals surface area contributed by atoms with Crippen LogP contribution in [-0.4, -0.2) is 20.9 Å². The van der Waals surface area contributed by atoms with Gasteiger partial charge in [0.15, 0.2) is 5.69 Å². The van der Waals surface area contributed by atoms with Gasteiger partial charge in [-0.1, -0.05) is 51.7 Å². The van der Waals surface area contributed by atoms with E-state index in [1.165, 1.54) is 10.2 Å². The van der Waals surface area contributed by atoms with Crippen LogP contribution in [0.3, 0.4) is 0 Å². The monoisotopic (exact) mass is 428 g/mol. The summed E-state index contributed by atoms with van der Waals surface area (Å²) in [6.45, 7) is 10.0. The van der Waals surface area contributed by atoms with E-state index < -0.39 is 11.4 Å². The fourth-order valence-electron chi connectivity index (χ4n) is 2.88. The highest BCUT2D eigenvalue weighted by atomic mass is 35.5. The van der Waals surface area contributed by atoms with Crippen molar-refractivity contribution in [2.45, 2.75) is 46.8 Å². The van der Waals surface area contributed by atoms with Crippen LogP contribution in [0.2, 0.25) is 5.02 Å². The van der Waals surface area contributed by atoms with Crippen molar-refractivity contribution in [2.24, 2.45) is 0 Å². The molecular formula is C22H25ClN4O3. The summed E-state index contributed by atoms with van der Waals surface area (Å²) in [4.78, 5) is 18.4. The predicted octanol–water partition coefficient (Wildman–Crippen LogP) is 4.96. The van der Waals surface area contributed by atoms with Crippen molar-refractivity contribution in [1.29, 1.82) is 0 Å². The van der Waals surface area contributed by atoms with Crippen LogP contribution >= 0.6 is 11.6 Å². The molecule has 0 fully saturated rings. The zero-order chi connectivity index (χ0) is 21.9. The van der Waals surface area contributed by atoms with Gasteiger partial charge in [-0.15, -0.1) is 0 Å². The third-order valence-corrected chi connectivity index (χ3v) is 4.63. The Morgan fingerprint density at radius 2 is 1.93 bits per heavy atom. The third kappa shape index (κ3) is 5.17. The first-order valence-corrected chi connectivity index (χ1v) is 9.91. The molecule has 0 unspecified atom stereocenters. The minimum Gasteiger partial charge on any atom is -0.436 e. The second kappa shape index (κ2) is 8.85. The lowest BCUT2D eigenvalue weighted by atomic mass is 10.1. The molecule has 0 spiro atoms. The van der Waals surface area contributed by atoms with Crippen LogP contribution in [0.5, 0.6) is 11.6 Å². The summed E-state index contributed by atoms with van der Waals surface area (Å²) in [6, 6.07) is 12.9. The molecule has 3 rings (SSSR count). The number of benzene rings is 2. The van der Waals surface area contributed by atoms with Crippen molar-refractivity contribution in [1.82, 2.24) is 20.5 Å². The van der Waals surface area contributed by atoms with Crippen LogP contribution in [0.1, 0.15) is 48.0 Å². The Morgan fingerprint density at radius 1 is 1.17 bits per heavy atom. The summed E-state index contributed by atoms with van der Waals surface area (Å²) < 4.78 is 7.29. The molecule has 0 saturated carbocycles. The molecule has 8 heteroatoms. The number of nitrogens with one attached hydrogen (secondary N) is 1. The minimum atomic E-state index is -0.503. The molecule has 1 N–H and O–H groups in total. The zero-order valence-corrected chi connectivity index (χ0v) is 18.4. The van der Waals surface area contributed by atoms with Gasteiger partial charge in [-0.2, -0.15) is 0 Å². The van der Waals surface area contributed by atoms with E-state index >= 15 is 0 Å². The number of aryl methyl sites for hydroxylation is 2. The second-order valence-corrected chi connectivity index (χ2v) is 8.47. The van der Waals surface area contributed by atoms with Crippen molar-refractivity contribution in [3.63, 3.8) is 0 Å². The van der Waals surface area contributed by atoms with E-state index in [2.05, 4.69) is 21.9 Å². The van der Waals surface area contributed by atoms with Crippen LogP contribution in [-0.2, 0) is 17.0 Å². The summed E-state index contributed by atoms with van der Waals surface area (Å²) in [5, 5.41) is 8.67. The van der Waals surface area contributed by atoms with Crippen LogP contribution < -0.4 is 10.2 Å². The van der Waals surface area contributed by atoms with Crippen molar-refractivity contribution in [3.8, 4) is 11.6 Å². The number of halogens is 1. The van der Waals surface area contributed by atoms with Crippen LogP contribution in [0, 0.1) is 13.8 Å². The van der Waals surface area contributed by atoms with Gasteiger partial charge in [0.05, 0.1) is 5.54 Å². The van der Waals surface area contributed by atoms with Gasteiger partial charge in [0.2, 0.25) is 0 Å². The summed E-state index contributed by atoms with van der Waals surface area (Å²) in [5.74, 6) is 0.0187. The molecule has 7 nitrogen and oxygen atoms in total. The van der Waals surface area contributed by atoms with E-state index in [1.807, 2.05) is 46.8 Å². The van der Waals surface area contributed by atoms with Crippen molar-refractivity contribution in [3.05, 3.63) is 69.9 Å². The number of hydroxylamine groups is 1. The average Bonchev–Trinajstić information content (AvgIpc) is 3.07. The summed E-state index contributed by atoms with van der Waals surface area (Å²) in [6.07, 6.45) is 0. The van der Waals surface area contributed by atoms with E-state index in [0.29, 0.717) is 10.8 Å². The number of nitrogens with zero attached hydrogens (tertiary/aromatic N) is 3. The Labute approximate surface area is 180 Å². The Hall–Kier alpha value is -2.90. The molecule has 3 aromatic rings. The molecule has 0 saturated heterocycles. The molecule has 0 bridgehead atoms. The second-order valence-electron chi connectivity index (χ2n) is 8.04. The number of hydrogen-bond donors (Lipinski definition) is 1. The smallest absolute Gasteiger partial charge is 0.298 e. The Bertz CT molecular complexity index is 1060. The molecule has 0 radical (unpaired) electrons. The molecule has 1 amide bonds. The van der Waals surface area contributed by atoms with Crippen molar-refractivity contribution < 1.29 is 14.4 Å². The zero-order valence-electron chi connectivity index (χ0n) is 17.7. The van der Waals surface area contributed by atoms with E-state index in [9.17, 15) is 4.79 Å². The lowest BCUT2D eigenvalue weighted by molar-refractivity contribution is 0.0217. The SMILES string of the molecule is Cc1ccc(CONC(=O)c2c(Oc3cccc(Cl)c3)nnn2C(C)(C)C)c(C)c1. The number of ether oxygens (including phenoxy) is 1. The van der Waals surface area contributed by atoms with Gasteiger partial charge in [0.1, 0.15) is 12.4 Å². The maximum Gasteiger partial charge on any atom is 0.298 e. The van der Waals surface area contributed by atoms with Crippen LogP contribution in [0.15, 0.2) is 42.5 Å². The van der Waals surface area contributed by atoms with Crippen LogP contribution in [0.4, 0.5) is 0 Å². The Kier molecular flexibility index (Phi) is 6.43. The first-order valence-electron chi connectivity index (χ1n) is 9.53. The normalized spacial score (nSPS) is 11.4. The molecule has 158 valence electrons. The number of carbonyl (C=O) groups excluding carboxylic acids is 1. The Balaban J connectivity index is 1.79. The summed E-state index contributed by atoms with van der Waals surface area (Å²) in [7, 11) is 0. The van der Waals surface area contributed by atoms with Gasteiger partial charge in [-0.25, -0.2) is 10.2 Å². The highest BCUT2D eigenvalue weighted by molar-refractivity contribution is 6.30. The summed E-state index contributed by atoms with van der Waals surface area (Å²) in [5.41, 5.74) is 5.39. The van der Waals surface area contributed by atoms with Gasteiger partial charge in [0.25, 0.3) is 11.8 Å². The first kappa shape index (κ1) is 21.8.